The molecule has 2 aliphatic rings. The number of rotatable bonds is 3. The van der Waals surface area contributed by atoms with Crippen LogP contribution in [0.4, 0.5) is 0 Å². The Hall–Kier alpha value is -0.610. The fourth-order valence-corrected chi connectivity index (χ4v) is 2.84. The highest BCUT2D eigenvalue weighted by Crippen LogP contribution is 2.24. The second-order valence-electron chi connectivity index (χ2n) is 5.38. The molecule has 0 radical (unpaired) electrons. The maximum absolute atomic E-state index is 11.6. The SMILES string of the molecule is CC(C)NC(=O)CN1C[C@@H]2CCCN[C@@H]2C1. The number of piperidine rings is 1. The number of carbonyl (C=O) groups is 1. The van der Waals surface area contributed by atoms with Gasteiger partial charge in [0.05, 0.1) is 6.54 Å². The Kier molecular flexibility index (Phi) is 3.82. The molecule has 0 aromatic carbocycles. The molecule has 2 saturated heterocycles. The van der Waals surface area contributed by atoms with E-state index in [1.807, 2.05) is 13.8 Å². The van der Waals surface area contributed by atoms with E-state index < -0.39 is 0 Å². The lowest BCUT2D eigenvalue weighted by atomic mass is 9.94. The fraction of sp³-hybridized carbons (Fsp3) is 0.917. The number of amides is 1. The Bertz CT molecular complexity index is 241. The minimum absolute atomic E-state index is 0.161. The molecule has 2 aliphatic heterocycles. The molecule has 0 saturated carbocycles. The molecule has 0 bridgehead atoms. The molecule has 2 fully saturated rings. The van der Waals surface area contributed by atoms with Crippen molar-refractivity contribution in [2.75, 3.05) is 26.2 Å². The molecule has 0 aromatic rings. The minimum atomic E-state index is 0.161. The van der Waals surface area contributed by atoms with Gasteiger partial charge in [-0.25, -0.2) is 0 Å². The van der Waals surface area contributed by atoms with Gasteiger partial charge in [0.25, 0.3) is 0 Å². The molecule has 2 atom stereocenters. The average Bonchev–Trinajstić information content (AvgIpc) is 2.57. The first-order valence-corrected chi connectivity index (χ1v) is 6.40. The summed E-state index contributed by atoms with van der Waals surface area (Å²) in [5.74, 6) is 0.925. The zero-order valence-corrected chi connectivity index (χ0v) is 10.3. The molecule has 0 unspecified atom stereocenters. The molecule has 2 rings (SSSR count). The van der Waals surface area contributed by atoms with Gasteiger partial charge in [0.15, 0.2) is 0 Å². The molecule has 92 valence electrons. The van der Waals surface area contributed by atoms with Gasteiger partial charge in [-0.2, -0.15) is 0 Å². The molecule has 0 spiro atoms. The standard InChI is InChI=1S/C12H23N3O/c1-9(2)14-12(16)8-15-6-10-4-3-5-13-11(10)7-15/h9-11,13H,3-8H2,1-2H3,(H,14,16)/t10-,11+/m0/s1. The van der Waals surface area contributed by atoms with E-state index in [1.165, 1.54) is 12.8 Å². The van der Waals surface area contributed by atoms with Crippen LogP contribution in [0.15, 0.2) is 0 Å². The number of fused-ring (bicyclic) bond motifs is 1. The van der Waals surface area contributed by atoms with Gasteiger partial charge >= 0.3 is 0 Å². The third kappa shape index (κ3) is 2.95. The van der Waals surface area contributed by atoms with Crippen molar-refractivity contribution in [3.63, 3.8) is 0 Å². The summed E-state index contributed by atoms with van der Waals surface area (Å²) < 4.78 is 0. The monoisotopic (exact) mass is 225 g/mol. The third-order valence-corrected chi connectivity index (χ3v) is 3.49. The summed E-state index contributed by atoms with van der Waals surface area (Å²) in [6.07, 6.45) is 2.60. The van der Waals surface area contributed by atoms with Crippen molar-refractivity contribution in [2.45, 2.75) is 38.8 Å². The van der Waals surface area contributed by atoms with Crippen LogP contribution in [0.2, 0.25) is 0 Å². The Balaban J connectivity index is 1.77. The molecule has 4 heteroatoms. The molecule has 2 heterocycles. The lowest BCUT2D eigenvalue weighted by molar-refractivity contribution is -0.122. The van der Waals surface area contributed by atoms with Crippen LogP contribution in [0.1, 0.15) is 26.7 Å². The van der Waals surface area contributed by atoms with Crippen LogP contribution in [0.25, 0.3) is 0 Å². The van der Waals surface area contributed by atoms with Gasteiger partial charge in [-0.3, -0.25) is 9.69 Å². The summed E-state index contributed by atoms with van der Waals surface area (Å²) in [4.78, 5) is 13.9. The molecule has 2 N–H and O–H groups in total. The van der Waals surface area contributed by atoms with E-state index in [-0.39, 0.29) is 11.9 Å². The molecule has 0 aromatic heterocycles. The van der Waals surface area contributed by atoms with Crippen molar-refractivity contribution in [1.82, 2.24) is 15.5 Å². The predicted octanol–water partition coefficient (Wildman–Crippen LogP) is 0.195. The molecule has 1 amide bonds. The molecule has 4 nitrogen and oxygen atoms in total. The van der Waals surface area contributed by atoms with E-state index in [9.17, 15) is 4.79 Å². The number of hydrogen-bond acceptors (Lipinski definition) is 3. The van der Waals surface area contributed by atoms with Crippen molar-refractivity contribution < 1.29 is 4.79 Å². The summed E-state index contributed by atoms with van der Waals surface area (Å²) in [7, 11) is 0. The smallest absolute Gasteiger partial charge is 0.234 e. The number of carbonyl (C=O) groups excluding carboxylic acids is 1. The summed E-state index contributed by atoms with van der Waals surface area (Å²) >= 11 is 0. The van der Waals surface area contributed by atoms with E-state index in [4.69, 9.17) is 0 Å². The highest BCUT2D eigenvalue weighted by atomic mass is 16.2. The summed E-state index contributed by atoms with van der Waals surface area (Å²) in [6, 6.07) is 0.871. The largest absolute Gasteiger partial charge is 0.353 e. The van der Waals surface area contributed by atoms with E-state index in [0.717, 1.165) is 25.6 Å². The number of likely N-dealkylation sites (tertiary alicyclic amines) is 1. The van der Waals surface area contributed by atoms with Gasteiger partial charge in [-0.15, -0.1) is 0 Å². The van der Waals surface area contributed by atoms with E-state index in [0.29, 0.717) is 12.6 Å². The second-order valence-corrected chi connectivity index (χ2v) is 5.38. The highest BCUT2D eigenvalue weighted by molar-refractivity contribution is 5.78. The Morgan fingerprint density at radius 3 is 3.00 bits per heavy atom. The van der Waals surface area contributed by atoms with Crippen LogP contribution in [-0.4, -0.2) is 49.1 Å². The van der Waals surface area contributed by atoms with Crippen LogP contribution in [0.3, 0.4) is 0 Å². The summed E-state index contributed by atoms with van der Waals surface area (Å²) in [5.41, 5.74) is 0. The van der Waals surface area contributed by atoms with Crippen molar-refractivity contribution in [3.05, 3.63) is 0 Å². The van der Waals surface area contributed by atoms with Crippen LogP contribution in [0, 0.1) is 5.92 Å². The van der Waals surface area contributed by atoms with Crippen LogP contribution >= 0.6 is 0 Å². The topological polar surface area (TPSA) is 44.4 Å². The Morgan fingerprint density at radius 1 is 1.50 bits per heavy atom. The lowest BCUT2D eigenvalue weighted by Gasteiger charge is -2.24. The normalized spacial score (nSPS) is 30.4. The van der Waals surface area contributed by atoms with Crippen molar-refractivity contribution in [2.24, 2.45) is 5.92 Å². The first-order valence-electron chi connectivity index (χ1n) is 6.40. The highest BCUT2D eigenvalue weighted by Gasteiger charge is 2.34. The zero-order chi connectivity index (χ0) is 11.5. The first kappa shape index (κ1) is 11.9. The number of hydrogen-bond donors (Lipinski definition) is 2. The number of nitrogens with zero attached hydrogens (tertiary/aromatic N) is 1. The second kappa shape index (κ2) is 5.15. The van der Waals surface area contributed by atoms with Crippen LogP contribution < -0.4 is 10.6 Å². The average molecular weight is 225 g/mol. The Labute approximate surface area is 97.8 Å². The van der Waals surface area contributed by atoms with Gasteiger partial charge in [0.1, 0.15) is 0 Å². The quantitative estimate of drug-likeness (QED) is 0.721. The first-order chi connectivity index (χ1) is 7.65. The lowest BCUT2D eigenvalue weighted by Crippen LogP contribution is -2.42. The van der Waals surface area contributed by atoms with Crippen LogP contribution in [-0.2, 0) is 4.79 Å². The predicted molar refractivity (Wildman–Crippen MR) is 64.2 cm³/mol. The van der Waals surface area contributed by atoms with Gasteiger partial charge in [-0.1, -0.05) is 0 Å². The molecular weight excluding hydrogens is 202 g/mol. The molecular formula is C12H23N3O. The minimum Gasteiger partial charge on any atom is -0.353 e. The number of nitrogens with one attached hydrogen (secondary N) is 2. The van der Waals surface area contributed by atoms with Crippen molar-refractivity contribution >= 4 is 5.91 Å². The third-order valence-electron chi connectivity index (χ3n) is 3.49. The maximum Gasteiger partial charge on any atom is 0.234 e. The molecule has 16 heavy (non-hydrogen) atoms. The maximum atomic E-state index is 11.6. The molecule has 0 aliphatic carbocycles. The van der Waals surface area contributed by atoms with Gasteiger partial charge in [0, 0.05) is 25.2 Å². The Morgan fingerprint density at radius 2 is 2.31 bits per heavy atom. The van der Waals surface area contributed by atoms with E-state index in [1.54, 1.807) is 0 Å². The van der Waals surface area contributed by atoms with Crippen LogP contribution in [0.5, 0.6) is 0 Å². The van der Waals surface area contributed by atoms with Crippen molar-refractivity contribution in [1.29, 1.82) is 0 Å². The van der Waals surface area contributed by atoms with Gasteiger partial charge in [-0.05, 0) is 39.2 Å². The van der Waals surface area contributed by atoms with E-state index in [2.05, 4.69) is 15.5 Å². The summed E-state index contributed by atoms with van der Waals surface area (Å²) in [6.45, 7) is 7.84. The van der Waals surface area contributed by atoms with Gasteiger partial charge < -0.3 is 10.6 Å². The summed E-state index contributed by atoms with van der Waals surface area (Å²) in [5, 5.41) is 6.50. The fourth-order valence-electron chi connectivity index (χ4n) is 2.84. The van der Waals surface area contributed by atoms with E-state index >= 15 is 0 Å². The van der Waals surface area contributed by atoms with Gasteiger partial charge in [0.2, 0.25) is 5.91 Å². The van der Waals surface area contributed by atoms with Crippen molar-refractivity contribution in [3.8, 4) is 0 Å². The zero-order valence-electron chi connectivity index (χ0n) is 10.3.